The average Bonchev–Trinajstić information content (AvgIpc) is 2.35. The standard InChI is InChI=1S/C8H7ClOS/c1-6(5-10)4-7-2-3-8(9)11-7/h2-5H,1H3/b6-4+. The lowest BCUT2D eigenvalue weighted by molar-refractivity contribution is -0.104. The average molecular weight is 187 g/mol. The van der Waals surface area contributed by atoms with Gasteiger partial charge in [-0.25, -0.2) is 0 Å². The Balaban J connectivity index is 2.86. The van der Waals surface area contributed by atoms with Gasteiger partial charge in [0.2, 0.25) is 0 Å². The van der Waals surface area contributed by atoms with Crippen molar-refractivity contribution in [1.29, 1.82) is 0 Å². The SMILES string of the molecule is C/C(C=O)=C\c1ccc(Cl)s1. The summed E-state index contributed by atoms with van der Waals surface area (Å²) >= 11 is 7.15. The lowest BCUT2D eigenvalue weighted by Gasteiger charge is -1.84. The van der Waals surface area contributed by atoms with Crippen LogP contribution in [0.2, 0.25) is 4.34 Å². The maximum atomic E-state index is 10.2. The Kier molecular flexibility index (Phi) is 2.85. The van der Waals surface area contributed by atoms with Crippen molar-refractivity contribution in [3.63, 3.8) is 0 Å². The molecule has 0 radical (unpaired) electrons. The summed E-state index contributed by atoms with van der Waals surface area (Å²) in [6.07, 6.45) is 2.64. The van der Waals surface area contributed by atoms with Crippen LogP contribution >= 0.6 is 22.9 Å². The first kappa shape index (κ1) is 8.50. The van der Waals surface area contributed by atoms with E-state index in [1.54, 1.807) is 6.92 Å². The molecule has 1 rings (SSSR count). The molecule has 0 saturated carbocycles. The van der Waals surface area contributed by atoms with E-state index in [1.165, 1.54) is 11.3 Å². The van der Waals surface area contributed by atoms with Gasteiger partial charge >= 0.3 is 0 Å². The molecular weight excluding hydrogens is 180 g/mol. The molecule has 58 valence electrons. The number of halogens is 1. The fourth-order valence-electron chi connectivity index (χ4n) is 0.664. The van der Waals surface area contributed by atoms with E-state index in [-0.39, 0.29) is 0 Å². The fourth-order valence-corrected chi connectivity index (χ4v) is 1.74. The minimum atomic E-state index is 0.712. The van der Waals surface area contributed by atoms with E-state index in [0.717, 1.165) is 15.5 Å². The van der Waals surface area contributed by atoms with Crippen LogP contribution in [0.3, 0.4) is 0 Å². The van der Waals surface area contributed by atoms with Crippen LogP contribution in [0.1, 0.15) is 11.8 Å². The van der Waals surface area contributed by atoms with Crippen molar-refractivity contribution in [1.82, 2.24) is 0 Å². The van der Waals surface area contributed by atoms with Gasteiger partial charge in [-0.1, -0.05) is 11.6 Å². The Bertz CT molecular complexity index is 288. The zero-order valence-corrected chi connectivity index (χ0v) is 7.58. The maximum Gasteiger partial charge on any atom is 0.145 e. The number of hydrogen-bond acceptors (Lipinski definition) is 2. The summed E-state index contributed by atoms with van der Waals surface area (Å²) in [7, 11) is 0. The Hall–Kier alpha value is -0.600. The molecule has 1 heterocycles. The van der Waals surface area contributed by atoms with Crippen LogP contribution in [0.25, 0.3) is 6.08 Å². The van der Waals surface area contributed by atoms with Crippen molar-refractivity contribution in [3.05, 3.63) is 26.9 Å². The first-order chi connectivity index (χ1) is 5.22. The molecule has 0 aliphatic rings. The summed E-state index contributed by atoms with van der Waals surface area (Å²) in [5.74, 6) is 0. The first-order valence-corrected chi connectivity index (χ1v) is 4.30. The predicted octanol–water partition coefficient (Wildman–Crippen LogP) is 3.00. The molecule has 0 atom stereocenters. The van der Waals surface area contributed by atoms with E-state index >= 15 is 0 Å². The van der Waals surface area contributed by atoms with E-state index in [1.807, 2.05) is 18.2 Å². The second-order valence-electron chi connectivity index (χ2n) is 2.15. The molecule has 0 spiro atoms. The van der Waals surface area contributed by atoms with Crippen LogP contribution in [-0.2, 0) is 4.79 Å². The first-order valence-electron chi connectivity index (χ1n) is 3.11. The van der Waals surface area contributed by atoms with Gasteiger partial charge in [0, 0.05) is 4.88 Å². The molecule has 0 fully saturated rings. The molecule has 1 aromatic heterocycles. The third kappa shape index (κ3) is 2.48. The molecule has 1 nitrogen and oxygen atoms in total. The number of rotatable bonds is 2. The van der Waals surface area contributed by atoms with Crippen molar-refractivity contribution in [2.75, 3.05) is 0 Å². The highest BCUT2D eigenvalue weighted by Crippen LogP contribution is 2.22. The summed E-state index contributed by atoms with van der Waals surface area (Å²) in [6, 6.07) is 3.70. The molecular formula is C8H7ClOS. The molecule has 0 N–H and O–H groups in total. The summed E-state index contributed by atoms with van der Waals surface area (Å²) < 4.78 is 0.745. The van der Waals surface area contributed by atoms with Gasteiger partial charge in [0.1, 0.15) is 6.29 Å². The third-order valence-corrected chi connectivity index (χ3v) is 2.33. The molecule has 0 amide bonds. The Labute approximate surface area is 74.3 Å². The molecule has 0 saturated heterocycles. The van der Waals surface area contributed by atoms with Crippen LogP contribution in [0.15, 0.2) is 17.7 Å². The lowest BCUT2D eigenvalue weighted by atomic mass is 10.3. The van der Waals surface area contributed by atoms with Crippen LogP contribution in [0, 0.1) is 0 Å². The molecule has 0 aromatic carbocycles. The Morgan fingerprint density at radius 2 is 2.36 bits per heavy atom. The molecule has 3 heteroatoms. The van der Waals surface area contributed by atoms with Crippen molar-refractivity contribution >= 4 is 35.3 Å². The quantitative estimate of drug-likeness (QED) is 0.513. The molecule has 0 aliphatic carbocycles. The minimum Gasteiger partial charge on any atom is -0.298 e. The van der Waals surface area contributed by atoms with E-state index < -0.39 is 0 Å². The largest absolute Gasteiger partial charge is 0.298 e. The van der Waals surface area contributed by atoms with Gasteiger partial charge in [-0.3, -0.25) is 4.79 Å². The lowest BCUT2D eigenvalue weighted by Crippen LogP contribution is -1.72. The van der Waals surface area contributed by atoms with Crippen LogP contribution < -0.4 is 0 Å². The summed E-state index contributed by atoms with van der Waals surface area (Å²) in [4.78, 5) is 11.2. The van der Waals surface area contributed by atoms with Gasteiger partial charge in [-0.15, -0.1) is 11.3 Å². The monoisotopic (exact) mass is 186 g/mol. The number of thiophene rings is 1. The third-order valence-electron chi connectivity index (χ3n) is 1.15. The van der Waals surface area contributed by atoms with E-state index in [4.69, 9.17) is 11.6 Å². The normalized spacial score (nSPS) is 11.6. The Morgan fingerprint density at radius 1 is 1.64 bits per heavy atom. The second kappa shape index (κ2) is 3.69. The zero-order chi connectivity index (χ0) is 8.27. The van der Waals surface area contributed by atoms with Crippen molar-refractivity contribution in [2.45, 2.75) is 6.92 Å². The fraction of sp³-hybridized carbons (Fsp3) is 0.125. The van der Waals surface area contributed by atoms with Gasteiger partial charge < -0.3 is 0 Å². The highest BCUT2D eigenvalue weighted by atomic mass is 35.5. The second-order valence-corrected chi connectivity index (χ2v) is 3.89. The van der Waals surface area contributed by atoms with Crippen LogP contribution in [0.5, 0.6) is 0 Å². The van der Waals surface area contributed by atoms with E-state index in [0.29, 0.717) is 5.57 Å². The molecule has 0 aliphatic heterocycles. The van der Waals surface area contributed by atoms with Crippen molar-refractivity contribution < 1.29 is 4.79 Å². The molecule has 11 heavy (non-hydrogen) atoms. The van der Waals surface area contributed by atoms with Crippen molar-refractivity contribution in [2.24, 2.45) is 0 Å². The van der Waals surface area contributed by atoms with Crippen molar-refractivity contribution in [3.8, 4) is 0 Å². The molecule has 0 bridgehead atoms. The molecule has 0 unspecified atom stereocenters. The molecule has 1 aromatic rings. The zero-order valence-electron chi connectivity index (χ0n) is 6.00. The minimum absolute atomic E-state index is 0.712. The Morgan fingerprint density at radius 3 is 2.82 bits per heavy atom. The van der Waals surface area contributed by atoms with Gasteiger partial charge in [0.05, 0.1) is 4.34 Å². The number of aldehydes is 1. The van der Waals surface area contributed by atoms with Crippen LogP contribution in [-0.4, -0.2) is 6.29 Å². The maximum absolute atomic E-state index is 10.2. The topological polar surface area (TPSA) is 17.1 Å². The summed E-state index contributed by atoms with van der Waals surface area (Å²) in [5.41, 5.74) is 0.712. The van der Waals surface area contributed by atoms with Gasteiger partial charge in [-0.05, 0) is 30.7 Å². The van der Waals surface area contributed by atoms with Crippen LogP contribution in [0.4, 0.5) is 0 Å². The van der Waals surface area contributed by atoms with E-state index in [9.17, 15) is 4.79 Å². The van der Waals surface area contributed by atoms with Gasteiger partial charge in [-0.2, -0.15) is 0 Å². The number of hydrogen-bond donors (Lipinski definition) is 0. The van der Waals surface area contributed by atoms with Gasteiger partial charge in [0.15, 0.2) is 0 Å². The smallest absolute Gasteiger partial charge is 0.145 e. The number of carbonyl (C=O) groups excluding carboxylic acids is 1. The van der Waals surface area contributed by atoms with E-state index in [2.05, 4.69) is 0 Å². The summed E-state index contributed by atoms with van der Waals surface area (Å²) in [5, 5.41) is 0. The van der Waals surface area contributed by atoms with Gasteiger partial charge in [0.25, 0.3) is 0 Å². The predicted molar refractivity (Wildman–Crippen MR) is 49.0 cm³/mol. The highest BCUT2D eigenvalue weighted by Gasteiger charge is 1.93. The summed E-state index contributed by atoms with van der Waals surface area (Å²) in [6.45, 7) is 1.76. The number of carbonyl (C=O) groups is 1. The highest BCUT2D eigenvalue weighted by molar-refractivity contribution is 7.17. The number of allylic oxidation sites excluding steroid dienone is 1.